The molecule has 1 saturated heterocycles. The Morgan fingerprint density at radius 2 is 1.93 bits per heavy atom. The Morgan fingerprint density at radius 3 is 2.55 bits per heavy atom. The van der Waals surface area contributed by atoms with Gasteiger partial charge in [0.05, 0.1) is 28.7 Å². The van der Waals surface area contributed by atoms with Crippen LogP contribution in [0.4, 0.5) is 5.69 Å². The third kappa shape index (κ3) is 5.53. The van der Waals surface area contributed by atoms with Gasteiger partial charge in [-0.25, -0.2) is 0 Å². The van der Waals surface area contributed by atoms with E-state index in [-0.39, 0.29) is 28.2 Å². The Morgan fingerprint density at radius 1 is 1.24 bits per heavy atom. The van der Waals surface area contributed by atoms with Crippen LogP contribution in [-0.4, -0.2) is 59.5 Å². The number of benzene rings is 2. The molecule has 1 heterocycles. The van der Waals surface area contributed by atoms with Gasteiger partial charge in [0.15, 0.2) is 0 Å². The minimum absolute atomic E-state index is 0.0768. The summed E-state index contributed by atoms with van der Waals surface area (Å²) in [5.74, 6) is -0.241. The zero-order valence-electron chi connectivity index (χ0n) is 16.3. The molecule has 154 valence electrons. The largest absolute Gasteiger partial charge is 0.379 e. The molecule has 0 radical (unpaired) electrons. The van der Waals surface area contributed by atoms with Crippen molar-refractivity contribution in [3.05, 3.63) is 74.8 Å². The van der Waals surface area contributed by atoms with Crippen molar-refractivity contribution in [1.29, 1.82) is 0 Å². The Bertz CT molecular complexity index is 856. The Kier molecular flexibility index (Phi) is 7.19. The van der Waals surface area contributed by atoms with Crippen LogP contribution in [0.1, 0.15) is 22.8 Å². The summed E-state index contributed by atoms with van der Waals surface area (Å²) in [6.45, 7) is 6.19. The molecule has 0 spiro atoms. The molecular weight excluding hydrogens is 394 g/mol. The van der Waals surface area contributed by atoms with Gasteiger partial charge < -0.3 is 9.64 Å². The number of nitrogens with zero attached hydrogens (tertiary/aromatic N) is 3. The van der Waals surface area contributed by atoms with E-state index in [4.69, 9.17) is 16.3 Å². The molecule has 2 aromatic carbocycles. The fraction of sp³-hybridized carbons (Fsp3) is 0.381. The van der Waals surface area contributed by atoms with E-state index in [1.807, 2.05) is 37.3 Å². The zero-order chi connectivity index (χ0) is 20.8. The van der Waals surface area contributed by atoms with Gasteiger partial charge in [-0.15, -0.1) is 0 Å². The third-order valence-electron chi connectivity index (χ3n) is 5.01. The number of ether oxygens (including phenoxy) is 1. The van der Waals surface area contributed by atoms with Crippen LogP contribution in [0.25, 0.3) is 0 Å². The molecular formula is C21H24ClN3O4. The molecule has 7 nitrogen and oxygen atoms in total. The summed E-state index contributed by atoms with van der Waals surface area (Å²) in [5, 5.41) is 11.1. The fourth-order valence-electron chi connectivity index (χ4n) is 3.41. The molecule has 0 bridgehead atoms. The van der Waals surface area contributed by atoms with Crippen LogP contribution < -0.4 is 0 Å². The summed E-state index contributed by atoms with van der Waals surface area (Å²) in [5.41, 5.74) is 1.14. The number of nitro groups is 1. The molecule has 29 heavy (non-hydrogen) atoms. The van der Waals surface area contributed by atoms with Crippen molar-refractivity contribution in [2.75, 3.05) is 32.8 Å². The number of nitro benzene ring substituents is 1. The summed E-state index contributed by atoms with van der Waals surface area (Å²) in [4.78, 5) is 27.9. The first-order valence-electron chi connectivity index (χ1n) is 9.54. The first kappa shape index (κ1) is 21.2. The maximum atomic E-state index is 13.4. The topological polar surface area (TPSA) is 75.9 Å². The van der Waals surface area contributed by atoms with Gasteiger partial charge in [0, 0.05) is 44.4 Å². The highest BCUT2D eigenvalue weighted by Gasteiger charge is 2.26. The van der Waals surface area contributed by atoms with Gasteiger partial charge in [0.1, 0.15) is 0 Å². The Labute approximate surface area is 175 Å². The second-order valence-corrected chi connectivity index (χ2v) is 7.51. The average molecular weight is 418 g/mol. The minimum Gasteiger partial charge on any atom is -0.379 e. The monoisotopic (exact) mass is 417 g/mol. The van der Waals surface area contributed by atoms with Crippen LogP contribution in [0.5, 0.6) is 0 Å². The second kappa shape index (κ2) is 9.82. The maximum Gasteiger partial charge on any atom is 0.270 e. The van der Waals surface area contributed by atoms with Gasteiger partial charge in [-0.2, -0.15) is 0 Å². The molecule has 1 unspecified atom stereocenters. The van der Waals surface area contributed by atoms with Gasteiger partial charge >= 0.3 is 0 Å². The van der Waals surface area contributed by atoms with Crippen LogP contribution in [-0.2, 0) is 11.3 Å². The number of carbonyl (C=O) groups excluding carboxylic acids is 1. The molecule has 1 fully saturated rings. The first-order valence-corrected chi connectivity index (χ1v) is 9.92. The van der Waals surface area contributed by atoms with E-state index < -0.39 is 4.92 Å². The highest BCUT2D eigenvalue weighted by molar-refractivity contribution is 6.34. The van der Waals surface area contributed by atoms with Crippen molar-refractivity contribution in [3.63, 3.8) is 0 Å². The normalized spacial score (nSPS) is 15.7. The lowest BCUT2D eigenvalue weighted by Gasteiger charge is -2.35. The van der Waals surface area contributed by atoms with E-state index >= 15 is 0 Å². The number of rotatable bonds is 7. The smallest absolute Gasteiger partial charge is 0.270 e. The number of amides is 1. The lowest BCUT2D eigenvalue weighted by atomic mass is 10.1. The number of hydrogen-bond donors (Lipinski definition) is 0. The summed E-state index contributed by atoms with van der Waals surface area (Å²) in [6, 6.07) is 13.6. The van der Waals surface area contributed by atoms with Gasteiger partial charge in [-0.05, 0) is 18.6 Å². The second-order valence-electron chi connectivity index (χ2n) is 7.10. The van der Waals surface area contributed by atoms with E-state index in [2.05, 4.69) is 4.90 Å². The van der Waals surface area contributed by atoms with Crippen LogP contribution in [0.15, 0.2) is 48.5 Å². The van der Waals surface area contributed by atoms with Crippen molar-refractivity contribution in [2.45, 2.75) is 19.5 Å². The molecule has 3 rings (SSSR count). The van der Waals surface area contributed by atoms with E-state index in [1.54, 1.807) is 4.90 Å². The molecule has 1 atom stereocenters. The Balaban J connectivity index is 1.84. The quantitative estimate of drug-likeness (QED) is 0.508. The number of non-ortho nitro benzene ring substituents is 1. The van der Waals surface area contributed by atoms with Crippen LogP contribution in [0.2, 0.25) is 5.02 Å². The highest BCUT2D eigenvalue weighted by Crippen LogP contribution is 2.25. The predicted molar refractivity (Wildman–Crippen MR) is 111 cm³/mol. The number of halogens is 1. The lowest BCUT2D eigenvalue weighted by molar-refractivity contribution is -0.384. The lowest BCUT2D eigenvalue weighted by Crippen LogP contribution is -2.48. The molecule has 2 aromatic rings. The van der Waals surface area contributed by atoms with Crippen molar-refractivity contribution in [3.8, 4) is 0 Å². The standard InChI is InChI=1S/C21H24ClN3O4/c1-16(14-23-9-11-29-12-10-23)24(15-17-5-3-2-4-6-17)21(26)19-8-7-18(25(27)28)13-20(19)22/h2-8,13,16H,9-12,14-15H2,1H3. The summed E-state index contributed by atoms with van der Waals surface area (Å²) in [7, 11) is 0. The van der Waals surface area contributed by atoms with Gasteiger partial charge in [0.25, 0.3) is 11.6 Å². The summed E-state index contributed by atoms with van der Waals surface area (Å²) < 4.78 is 5.41. The van der Waals surface area contributed by atoms with Crippen LogP contribution in [0.3, 0.4) is 0 Å². The molecule has 1 amide bonds. The average Bonchev–Trinajstić information content (AvgIpc) is 2.73. The summed E-state index contributed by atoms with van der Waals surface area (Å²) >= 11 is 6.23. The Hall–Kier alpha value is -2.48. The minimum atomic E-state index is -0.525. The molecule has 0 N–H and O–H groups in total. The molecule has 1 aliphatic heterocycles. The van der Waals surface area contributed by atoms with E-state index in [0.29, 0.717) is 26.3 Å². The molecule has 8 heteroatoms. The third-order valence-corrected chi connectivity index (χ3v) is 5.32. The van der Waals surface area contributed by atoms with Crippen molar-refractivity contribution in [2.24, 2.45) is 0 Å². The van der Waals surface area contributed by atoms with Crippen LogP contribution >= 0.6 is 11.6 Å². The molecule has 0 aromatic heterocycles. The molecule has 1 aliphatic rings. The number of hydrogen-bond acceptors (Lipinski definition) is 5. The fourth-order valence-corrected chi connectivity index (χ4v) is 3.67. The first-order chi connectivity index (χ1) is 14.0. The zero-order valence-corrected chi connectivity index (χ0v) is 17.0. The van der Waals surface area contributed by atoms with Crippen molar-refractivity contribution in [1.82, 2.24) is 9.80 Å². The molecule has 0 saturated carbocycles. The molecule has 0 aliphatic carbocycles. The summed E-state index contributed by atoms with van der Waals surface area (Å²) in [6.07, 6.45) is 0. The van der Waals surface area contributed by atoms with Gasteiger partial charge in [-0.1, -0.05) is 41.9 Å². The van der Waals surface area contributed by atoms with E-state index in [9.17, 15) is 14.9 Å². The number of carbonyl (C=O) groups is 1. The SMILES string of the molecule is CC(CN1CCOCC1)N(Cc1ccccc1)C(=O)c1ccc([N+](=O)[O-])cc1Cl. The highest BCUT2D eigenvalue weighted by atomic mass is 35.5. The predicted octanol–water partition coefficient (Wildman–Crippen LogP) is 3.61. The maximum absolute atomic E-state index is 13.4. The van der Waals surface area contributed by atoms with Gasteiger partial charge in [-0.3, -0.25) is 19.8 Å². The number of morpholine rings is 1. The van der Waals surface area contributed by atoms with E-state index in [0.717, 1.165) is 18.7 Å². The van der Waals surface area contributed by atoms with Crippen molar-refractivity contribution < 1.29 is 14.5 Å². The van der Waals surface area contributed by atoms with E-state index in [1.165, 1.54) is 18.2 Å². The van der Waals surface area contributed by atoms with Gasteiger partial charge in [0.2, 0.25) is 0 Å². The van der Waals surface area contributed by atoms with Crippen molar-refractivity contribution >= 4 is 23.2 Å². The van der Waals surface area contributed by atoms with Crippen LogP contribution in [0, 0.1) is 10.1 Å².